The number of aliphatic imine (C=N–C) groups is 1. The summed E-state index contributed by atoms with van der Waals surface area (Å²) < 4.78 is 34.5. The summed E-state index contributed by atoms with van der Waals surface area (Å²) in [4.78, 5) is 18.6. The molecule has 0 aliphatic carbocycles. The monoisotopic (exact) mass is 383 g/mol. The van der Waals surface area contributed by atoms with Gasteiger partial charge in [-0.15, -0.1) is 0 Å². The van der Waals surface area contributed by atoms with Gasteiger partial charge in [0, 0.05) is 19.6 Å². The normalized spacial score (nSPS) is 20.1. The first kappa shape index (κ1) is 20.9. The van der Waals surface area contributed by atoms with Gasteiger partial charge in [-0.2, -0.15) is 0 Å². The number of halogens is 2. The fourth-order valence-corrected chi connectivity index (χ4v) is 3.08. The van der Waals surface area contributed by atoms with Gasteiger partial charge in [-0.05, 0) is 30.5 Å². The number of hydrogen-bond acceptors (Lipinski definition) is 4. The molecule has 2 atom stereocenters. The predicted molar refractivity (Wildman–Crippen MR) is 99.0 cm³/mol. The van der Waals surface area contributed by atoms with E-state index in [9.17, 15) is 13.6 Å². The quantitative estimate of drug-likeness (QED) is 0.445. The number of esters is 1. The van der Waals surface area contributed by atoms with Gasteiger partial charge in [-0.3, -0.25) is 4.79 Å². The van der Waals surface area contributed by atoms with Gasteiger partial charge in [0.25, 0.3) is 6.43 Å². The third-order valence-corrected chi connectivity index (χ3v) is 4.44. The zero-order valence-corrected chi connectivity index (χ0v) is 16.0. The average Bonchev–Trinajstić information content (AvgIpc) is 3.04. The molecule has 2 unspecified atom stereocenters. The molecular formula is C19H27F2N3O3. The molecule has 0 spiro atoms. The summed E-state index contributed by atoms with van der Waals surface area (Å²) in [6.07, 6.45) is -2.51. The fourth-order valence-electron chi connectivity index (χ4n) is 3.08. The number of likely N-dealkylation sites (tertiary alicyclic amines) is 1. The van der Waals surface area contributed by atoms with E-state index in [1.54, 1.807) is 18.2 Å². The molecule has 1 aliphatic rings. The van der Waals surface area contributed by atoms with Crippen LogP contribution in [0.5, 0.6) is 5.75 Å². The molecule has 1 aromatic rings. The molecule has 1 N–H and O–H groups in total. The van der Waals surface area contributed by atoms with Crippen LogP contribution < -0.4 is 10.1 Å². The highest BCUT2D eigenvalue weighted by molar-refractivity contribution is 5.82. The van der Waals surface area contributed by atoms with Crippen molar-refractivity contribution in [3.8, 4) is 5.75 Å². The standard InChI is InChI=1S/C19H27F2N3O3/c1-4-22-19(24-10-13(2)16(11-24)18(25)26-3)23-9-14-6-5-7-15(8-14)27-12-17(20)21/h5-8,13,16-17H,4,9-12H2,1-3H3,(H,22,23). The Morgan fingerprint density at radius 3 is 2.85 bits per heavy atom. The molecule has 1 aliphatic heterocycles. The Morgan fingerprint density at radius 1 is 1.41 bits per heavy atom. The molecule has 1 saturated heterocycles. The van der Waals surface area contributed by atoms with E-state index < -0.39 is 13.0 Å². The zero-order chi connectivity index (χ0) is 19.8. The van der Waals surface area contributed by atoms with Crippen molar-refractivity contribution >= 4 is 11.9 Å². The summed E-state index contributed by atoms with van der Waals surface area (Å²) in [7, 11) is 1.40. The highest BCUT2D eigenvalue weighted by Crippen LogP contribution is 2.24. The van der Waals surface area contributed by atoms with Gasteiger partial charge in [0.05, 0.1) is 19.6 Å². The van der Waals surface area contributed by atoms with Crippen LogP contribution in [0.3, 0.4) is 0 Å². The van der Waals surface area contributed by atoms with Crippen molar-refractivity contribution in [3.05, 3.63) is 29.8 Å². The van der Waals surface area contributed by atoms with Gasteiger partial charge in [0.2, 0.25) is 0 Å². The van der Waals surface area contributed by atoms with Crippen LogP contribution in [0.15, 0.2) is 29.3 Å². The van der Waals surface area contributed by atoms with E-state index in [2.05, 4.69) is 10.3 Å². The summed E-state index contributed by atoms with van der Waals surface area (Å²) in [5.41, 5.74) is 0.855. The summed E-state index contributed by atoms with van der Waals surface area (Å²) >= 11 is 0. The Morgan fingerprint density at radius 2 is 2.19 bits per heavy atom. The van der Waals surface area contributed by atoms with Crippen molar-refractivity contribution in [2.24, 2.45) is 16.8 Å². The largest absolute Gasteiger partial charge is 0.488 e. The maximum absolute atomic E-state index is 12.3. The van der Waals surface area contributed by atoms with E-state index in [-0.39, 0.29) is 17.8 Å². The van der Waals surface area contributed by atoms with Gasteiger partial charge < -0.3 is 19.7 Å². The number of benzene rings is 1. The minimum atomic E-state index is -2.51. The molecule has 1 fully saturated rings. The minimum absolute atomic E-state index is 0.174. The predicted octanol–water partition coefficient (Wildman–Crippen LogP) is 2.54. The van der Waals surface area contributed by atoms with Gasteiger partial charge in [-0.25, -0.2) is 13.8 Å². The topological polar surface area (TPSA) is 63.2 Å². The number of carbonyl (C=O) groups excluding carboxylic acids is 1. The first-order chi connectivity index (χ1) is 12.9. The Labute approximate surface area is 158 Å². The van der Waals surface area contributed by atoms with Gasteiger partial charge in [0.15, 0.2) is 5.96 Å². The number of ether oxygens (including phenoxy) is 2. The van der Waals surface area contributed by atoms with Crippen molar-refractivity contribution in [1.29, 1.82) is 0 Å². The Balaban J connectivity index is 2.05. The molecule has 0 amide bonds. The Kier molecular flexibility index (Phi) is 7.82. The van der Waals surface area contributed by atoms with Crippen LogP contribution in [0.2, 0.25) is 0 Å². The van der Waals surface area contributed by atoms with Gasteiger partial charge in [-0.1, -0.05) is 19.1 Å². The van der Waals surface area contributed by atoms with Crippen LogP contribution >= 0.6 is 0 Å². The highest BCUT2D eigenvalue weighted by atomic mass is 19.3. The van der Waals surface area contributed by atoms with E-state index >= 15 is 0 Å². The Bertz CT molecular complexity index is 655. The van der Waals surface area contributed by atoms with E-state index in [1.165, 1.54) is 7.11 Å². The maximum Gasteiger partial charge on any atom is 0.310 e. The molecule has 0 saturated carbocycles. The molecule has 0 aromatic heterocycles. The van der Waals surface area contributed by atoms with E-state index in [1.807, 2.05) is 24.8 Å². The molecule has 0 radical (unpaired) electrons. The molecule has 6 nitrogen and oxygen atoms in total. The highest BCUT2D eigenvalue weighted by Gasteiger charge is 2.36. The van der Waals surface area contributed by atoms with E-state index in [0.717, 1.165) is 11.5 Å². The van der Waals surface area contributed by atoms with Crippen LogP contribution in [-0.2, 0) is 16.1 Å². The molecule has 150 valence electrons. The fraction of sp³-hybridized carbons (Fsp3) is 0.579. The lowest BCUT2D eigenvalue weighted by Gasteiger charge is -2.21. The second-order valence-corrected chi connectivity index (χ2v) is 6.53. The zero-order valence-electron chi connectivity index (χ0n) is 16.0. The lowest BCUT2D eigenvalue weighted by atomic mass is 9.99. The van der Waals surface area contributed by atoms with E-state index in [4.69, 9.17) is 9.47 Å². The maximum atomic E-state index is 12.3. The SMILES string of the molecule is CCNC(=NCc1cccc(OCC(F)F)c1)N1CC(C)C(C(=O)OC)C1. The number of methoxy groups -OCH3 is 1. The summed E-state index contributed by atoms with van der Waals surface area (Å²) in [5, 5.41) is 3.24. The number of carbonyl (C=O) groups is 1. The van der Waals surface area contributed by atoms with Crippen molar-refractivity contribution in [3.63, 3.8) is 0 Å². The number of guanidine groups is 1. The second-order valence-electron chi connectivity index (χ2n) is 6.53. The third kappa shape index (κ3) is 6.08. The van der Waals surface area contributed by atoms with Crippen LogP contribution in [0, 0.1) is 11.8 Å². The third-order valence-electron chi connectivity index (χ3n) is 4.44. The number of nitrogens with zero attached hydrogens (tertiary/aromatic N) is 2. The van der Waals surface area contributed by atoms with Gasteiger partial charge in [0.1, 0.15) is 12.4 Å². The van der Waals surface area contributed by atoms with Crippen molar-refractivity contribution in [2.45, 2.75) is 26.8 Å². The van der Waals surface area contributed by atoms with Crippen molar-refractivity contribution in [2.75, 3.05) is 33.4 Å². The Hall–Kier alpha value is -2.38. The average molecular weight is 383 g/mol. The summed E-state index contributed by atoms with van der Waals surface area (Å²) in [5.74, 6) is 0.908. The molecule has 0 bridgehead atoms. The van der Waals surface area contributed by atoms with Crippen LogP contribution in [0.1, 0.15) is 19.4 Å². The number of hydrogen-bond donors (Lipinski definition) is 1. The minimum Gasteiger partial charge on any atom is -0.488 e. The van der Waals surface area contributed by atoms with E-state index in [0.29, 0.717) is 31.9 Å². The smallest absolute Gasteiger partial charge is 0.310 e. The van der Waals surface area contributed by atoms with Crippen LogP contribution in [0.4, 0.5) is 8.78 Å². The van der Waals surface area contributed by atoms with Crippen molar-refractivity contribution < 1.29 is 23.0 Å². The molecule has 1 aromatic carbocycles. The molecule has 1 heterocycles. The molecule has 27 heavy (non-hydrogen) atoms. The summed E-state index contributed by atoms with van der Waals surface area (Å²) in [6.45, 7) is 5.71. The first-order valence-corrected chi connectivity index (χ1v) is 9.05. The number of rotatable bonds is 7. The first-order valence-electron chi connectivity index (χ1n) is 9.05. The lowest BCUT2D eigenvalue weighted by molar-refractivity contribution is -0.145. The number of alkyl halides is 2. The lowest BCUT2D eigenvalue weighted by Crippen LogP contribution is -2.40. The second kappa shape index (κ2) is 10.1. The molecule has 8 heteroatoms. The number of nitrogens with one attached hydrogen (secondary N) is 1. The summed E-state index contributed by atoms with van der Waals surface area (Å²) in [6, 6.07) is 6.97. The van der Waals surface area contributed by atoms with Gasteiger partial charge >= 0.3 is 5.97 Å². The molecular weight excluding hydrogens is 356 g/mol. The van der Waals surface area contributed by atoms with Crippen LogP contribution in [-0.4, -0.2) is 56.6 Å². The molecule has 2 rings (SSSR count). The van der Waals surface area contributed by atoms with Crippen molar-refractivity contribution in [1.82, 2.24) is 10.2 Å². The van der Waals surface area contributed by atoms with Crippen LogP contribution in [0.25, 0.3) is 0 Å².